The van der Waals surface area contributed by atoms with Gasteiger partial charge in [0.15, 0.2) is 0 Å². The number of benzene rings is 1. The van der Waals surface area contributed by atoms with Crippen LogP contribution in [-0.2, 0) is 0 Å². The predicted molar refractivity (Wildman–Crippen MR) is 75.9 cm³/mol. The molecular weight excluding hydrogens is 260 g/mol. The minimum atomic E-state index is -0.347. The Morgan fingerprint density at radius 1 is 1.21 bits per heavy atom. The second kappa shape index (κ2) is 4.70. The topological polar surface area (TPSA) is 69.1 Å². The summed E-state index contributed by atoms with van der Waals surface area (Å²) in [5, 5.41) is 4.00. The van der Waals surface area contributed by atoms with E-state index in [9.17, 15) is 4.79 Å². The molecule has 0 aliphatic heterocycles. The zero-order chi connectivity index (χ0) is 13.2. The van der Waals surface area contributed by atoms with Crippen molar-refractivity contribution in [1.82, 2.24) is 4.98 Å². The maximum atomic E-state index is 11.4. The van der Waals surface area contributed by atoms with Gasteiger partial charge in [0.1, 0.15) is 0 Å². The molecule has 0 bridgehead atoms. The van der Waals surface area contributed by atoms with Crippen molar-refractivity contribution < 1.29 is 4.42 Å². The van der Waals surface area contributed by atoms with Crippen LogP contribution in [0.25, 0.3) is 22.6 Å². The van der Waals surface area contributed by atoms with Gasteiger partial charge in [-0.05, 0) is 34.0 Å². The molecule has 0 unspecified atom stereocenters. The van der Waals surface area contributed by atoms with Gasteiger partial charge in [-0.1, -0.05) is 12.1 Å². The fourth-order valence-corrected chi connectivity index (χ4v) is 2.56. The number of hydrogen-bond acceptors (Lipinski definition) is 5. The van der Waals surface area contributed by atoms with E-state index in [1.54, 1.807) is 17.4 Å². The van der Waals surface area contributed by atoms with E-state index in [1.165, 1.54) is 12.3 Å². The van der Waals surface area contributed by atoms with Crippen LogP contribution >= 0.6 is 11.3 Å². The summed E-state index contributed by atoms with van der Waals surface area (Å²) in [5.41, 5.74) is 8.78. The van der Waals surface area contributed by atoms with Crippen molar-refractivity contribution in [2.45, 2.75) is 0 Å². The lowest BCUT2D eigenvalue weighted by Crippen LogP contribution is -2.05. The number of nitrogen functional groups attached to an aromatic ring is 1. The fourth-order valence-electron chi connectivity index (χ4n) is 1.90. The number of aromatic nitrogens is 1. The van der Waals surface area contributed by atoms with Gasteiger partial charge in [0.25, 0.3) is 5.56 Å². The van der Waals surface area contributed by atoms with E-state index in [2.05, 4.69) is 4.98 Å². The maximum absolute atomic E-state index is 11.4. The average Bonchev–Trinajstić information content (AvgIpc) is 2.92. The molecule has 3 rings (SSSR count). The molecule has 1 aromatic carbocycles. The molecule has 0 spiro atoms. The van der Waals surface area contributed by atoms with Gasteiger partial charge in [-0.3, -0.25) is 4.79 Å². The molecule has 4 nitrogen and oxygen atoms in total. The Kier molecular flexibility index (Phi) is 2.89. The van der Waals surface area contributed by atoms with Crippen molar-refractivity contribution in [2.75, 3.05) is 5.73 Å². The quantitative estimate of drug-likeness (QED) is 0.727. The highest BCUT2D eigenvalue weighted by Gasteiger charge is 2.14. The van der Waals surface area contributed by atoms with E-state index in [0.29, 0.717) is 11.3 Å². The van der Waals surface area contributed by atoms with E-state index in [-0.39, 0.29) is 11.4 Å². The second-order valence-corrected chi connectivity index (χ2v) is 4.74. The Balaban J connectivity index is 2.29. The van der Waals surface area contributed by atoms with Gasteiger partial charge in [-0.15, -0.1) is 0 Å². The summed E-state index contributed by atoms with van der Waals surface area (Å²) in [6.45, 7) is 0. The Morgan fingerprint density at radius 3 is 2.84 bits per heavy atom. The third-order valence-corrected chi connectivity index (χ3v) is 3.43. The third kappa shape index (κ3) is 2.15. The number of hydrogen-bond donors (Lipinski definition) is 1. The van der Waals surface area contributed by atoms with Gasteiger partial charge in [0.05, 0.1) is 11.8 Å². The minimum absolute atomic E-state index is 0.242. The van der Waals surface area contributed by atoms with Gasteiger partial charge in [-0.2, -0.15) is 16.3 Å². The fraction of sp³-hybridized carbons (Fsp3) is 0. The van der Waals surface area contributed by atoms with Gasteiger partial charge in [-0.25, -0.2) is 0 Å². The van der Waals surface area contributed by atoms with Gasteiger partial charge >= 0.3 is 0 Å². The summed E-state index contributed by atoms with van der Waals surface area (Å²) in [4.78, 5) is 15.2. The Labute approximate surface area is 113 Å². The van der Waals surface area contributed by atoms with E-state index in [0.717, 1.165) is 11.1 Å². The molecule has 0 radical (unpaired) electrons. The average molecular weight is 270 g/mol. The molecule has 2 N–H and O–H groups in total. The van der Waals surface area contributed by atoms with Crippen molar-refractivity contribution >= 4 is 17.0 Å². The van der Waals surface area contributed by atoms with Crippen LogP contribution in [0.4, 0.5) is 5.69 Å². The summed E-state index contributed by atoms with van der Waals surface area (Å²) in [6.07, 6.45) is 1.33. The normalized spacial score (nSPS) is 10.5. The third-order valence-electron chi connectivity index (χ3n) is 2.74. The van der Waals surface area contributed by atoms with Gasteiger partial charge in [0.2, 0.25) is 5.89 Å². The first-order valence-electron chi connectivity index (χ1n) is 5.63. The molecule has 0 amide bonds. The molecule has 2 aromatic heterocycles. The highest BCUT2D eigenvalue weighted by molar-refractivity contribution is 7.08. The molecule has 0 atom stereocenters. The van der Waals surface area contributed by atoms with Crippen LogP contribution in [0.2, 0.25) is 0 Å². The van der Waals surface area contributed by atoms with Crippen LogP contribution in [0.5, 0.6) is 0 Å². The Morgan fingerprint density at radius 2 is 2.11 bits per heavy atom. The Hall–Kier alpha value is -2.40. The number of nitrogens with zero attached hydrogens (tertiary/aromatic N) is 1. The zero-order valence-corrected chi connectivity index (χ0v) is 10.7. The molecule has 0 saturated carbocycles. The van der Waals surface area contributed by atoms with Crippen molar-refractivity contribution in [3.8, 4) is 22.6 Å². The lowest BCUT2D eigenvalue weighted by Gasteiger charge is -2.09. The zero-order valence-electron chi connectivity index (χ0n) is 9.87. The van der Waals surface area contributed by atoms with Crippen molar-refractivity contribution in [2.24, 2.45) is 0 Å². The van der Waals surface area contributed by atoms with E-state index < -0.39 is 0 Å². The highest BCUT2D eigenvalue weighted by Crippen LogP contribution is 2.35. The Bertz CT molecular complexity index is 763. The smallest absolute Gasteiger partial charge is 0.276 e. The largest absolute Gasteiger partial charge is 0.446 e. The molecule has 0 fully saturated rings. The molecule has 2 heterocycles. The van der Waals surface area contributed by atoms with Crippen molar-refractivity contribution in [3.05, 3.63) is 57.7 Å². The molecular formula is C14H10N2O2S. The minimum Gasteiger partial charge on any atom is -0.446 e. The van der Waals surface area contributed by atoms with Crippen molar-refractivity contribution in [3.63, 3.8) is 0 Å². The summed E-state index contributed by atoms with van der Waals surface area (Å²) in [5.74, 6) is 0.242. The number of nitrogens with two attached hydrogens (primary N) is 1. The van der Waals surface area contributed by atoms with Crippen LogP contribution < -0.4 is 11.3 Å². The van der Waals surface area contributed by atoms with Crippen LogP contribution in [0.3, 0.4) is 0 Å². The number of thiophene rings is 1. The molecule has 0 aliphatic rings. The van der Waals surface area contributed by atoms with E-state index in [1.807, 2.05) is 29.0 Å². The summed E-state index contributed by atoms with van der Waals surface area (Å²) in [7, 11) is 0. The summed E-state index contributed by atoms with van der Waals surface area (Å²) < 4.78 is 5.33. The molecule has 19 heavy (non-hydrogen) atoms. The highest BCUT2D eigenvalue weighted by atomic mass is 32.1. The lowest BCUT2D eigenvalue weighted by atomic mass is 10.0. The first-order valence-corrected chi connectivity index (χ1v) is 6.57. The summed E-state index contributed by atoms with van der Waals surface area (Å²) >= 11 is 1.59. The van der Waals surface area contributed by atoms with E-state index in [4.69, 9.17) is 10.2 Å². The molecule has 5 heteroatoms. The molecule has 3 aromatic rings. The van der Waals surface area contributed by atoms with Crippen LogP contribution in [0.1, 0.15) is 0 Å². The SMILES string of the molecule is Nc1cccc(-c2ccsc2)c1-c1nc(=O)cco1. The summed E-state index contributed by atoms with van der Waals surface area (Å²) in [6, 6.07) is 8.83. The van der Waals surface area contributed by atoms with Gasteiger partial charge < -0.3 is 10.2 Å². The molecule has 0 aliphatic carbocycles. The van der Waals surface area contributed by atoms with Crippen LogP contribution in [0, 0.1) is 0 Å². The van der Waals surface area contributed by atoms with E-state index >= 15 is 0 Å². The lowest BCUT2D eigenvalue weighted by molar-refractivity contribution is 0.542. The molecule has 0 saturated heterocycles. The number of anilines is 1. The first kappa shape index (κ1) is 11.7. The number of rotatable bonds is 2. The van der Waals surface area contributed by atoms with Crippen LogP contribution in [0.15, 0.2) is 56.6 Å². The molecule has 94 valence electrons. The standard InChI is InChI=1S/C14H10N2O2S/c15-11-3-1-2-10(9-5-7-19-8-9)13(11)14-16-12(17)4-6-18-14/h1-8H,15H2. The first-order chi connectivity index (χ1) is 9.25. The van der Waals surface area contributed by atoms with Crippen molar-refractivity contribution in [1.29, 1.82) is 0 Å². The second-order valence-electron chi connectivity index (χ2n) is 3.96. The monoisotopic (exact) mass is 270 g/mol. The maximum Gasteiger partial charge on any atom is 0.276 e. The van der Waals surface area contributed by atoms with Gasteiger partial charge in [0, 0.05) is 11.8 Å². The predicted octanol–water partition coefficient (Wildman–Crippen LogP) is 3.01. The van der Waals surface area contributed by atoms with Crippen LogP contribution in [-0.4, -0.2) is 4.98 Å².